The molecule has 0 amide bonds. The number of nitrogens with zero attached hydrogens (tertiary/aromatic N) is 1. The number of hydrogen-bond donors (Lipinski definition) is 2. The summed E-state index contributed by atoms with van der Waals surface area (Å²) in [6.45, 7) is 3.54. The molecule has 0 spiro atoms. The fraction of sp³-hybridized carbons (Fsp3) is 0.350. The summed E-state index contributed by atoms with van der Waals surface area (Å²) >= 11 is 0. The van der Waals surface area contributed by atoms with Gasteiger partial charge in [0.15, 0.2) is 5.96 Å². The topological polar surface area (TPSA) is 54.9 Å². The first-order valence-corrected chi connectivity index (χ1v) is 8.37. The van der Waals surface area contributed by atoms with Crippen LogP contribution in [0.15, 0.2) is 47.5 Å². The zero-order chi connectivity index (χ0) is 18.1. The summed E-state index contributed by atoms with van der Waals surface area (Å²) < 4.78 is 10.5. The van der Waals surface area contributed by atoms with Crippen LogP contribution in [0.4, 0.5) is 0 Å². The fourth-order valence-electron chi connectivity index (χ4n) is 2.50. The Kier molecular flexibility index (Phi) is 7.14. The number of ether oxygens (including phenoxy) is 2. The van der Waals surface area contributed by atoms with Crippen molar-refractivity contribution in [3.05, 3.63) is 59.2 Å². The molecule has 0 aliphatic carbocycles. The van der Waals surface area contributed by atoms with Crippen LogP contribution < -0.4 is 20.1 Å². The number of benzene rings is 2. The summed E-state index contributed by atoms with van der Waals surface area (Å²) in [6, 6.07) is 14.3. The summed E-state index contributed by atoms with van der Waals surface area (Å²) in [5.41, 5.74) is 3.54. The molecule has 0 aliphatic rings. The van der Waals surface area contributed by atoms with E-state index in [4.69, 9.17) is 9.47 Å². The third-order valence-electron chi connectivity index (χ3n) is 4.02. The van der Waals surface area contributed by atoms with E-state index in [-0.39, 0.29) is 0 Å². The molecule has 0 fully saturated rings. The number of hydrogen-bond acceptors (Lipinski definition) is 3. The molecule has 2 aromatic carbocycles. The zero-order valence-electron chi connectivity index (χ0n) is 15.4. The van der Waals surface area contributed by atoms with E-state index in [0.29, 0.717) is 6.54 Å². The van der Waals surface area contributed by atoms with Gasteiger partial charge in [-0.1, -0.05) is 24.3 Å². The summed E-state index contributed by atoms with van der Waals surface area (Å²) in [6.07, 6.45) is 0.920. The first-order valence-electron chi connectivity index (χ1n) is 8.37. The molecule has 0 radical (unpaired) electrons. The van der Waals surface area contributed by atoms with Crippen LogP contribution in [0.5, 0.6) is 11.5 Å². The van der Waals surface area contributed by atoms with E-state index in [9.17, 15) is 0 Å². The van der Waals surface area contributed by atoms with Gasteiger partial charge in [-0.3, -0.25) is 4.99 Å². The monoisotopic (exact) mass is 341 g/mol. The largest absolute Gasteiger partial charge is 0.497 e. The molecular weight excluding hydrogens is 314 g/mol. The van der Waals surface area contributed by atoms with E-state index in [2.05, 4.69) is 39.9 Å². The molecule has 25 heavy (non-hydrogen) atoms. The average molecular weight is 341 g/mol. The van der Waals surface area contributed by atoms with Gasteiger partial charge in [0.1, 0.15) is 11.5 Å². The van der Waals surface area contributed by atoms with E-state index >= 15 is 0 Å². The Morgan fingerprint density at radius 1 is 0.960 bits per heavy atom. The molecule has 2 N–H and O–H groups in total. The number of aliphatic imine (C=N–C) groups is 1. The van der Waals surface area contributed by atoms with Crippen molar-refractivity contribution in [3.8, 4) is 11.5 Å². The second kappa shape index (κ2) is 9.57. The molecule has 134 valence electrons. The van der Waals surface area contributed by atoms with Gasteiger partial charge in [-0.15, -0.1) is 0 Å². The molecule has 0 aliphatic heterocycles. The molecule has 0 unspecified atom stereocenters. The van der Waals surface area contributed by atoms with Gasteiger partial charge >= 0.3 is 0 Å². The van der Waals surface area contributed by atoms with Gasteiger partial charge in [0.05, 0.1) is 14.2 Å². The van der Waals surface area contributed by atoms with Gasteiger partial charge in [0, 0.05) is 20.1 Å². The minimum atomic E-state index is 0.693. The highest BCUT2D eigenvalue weighted by molar-refractivity contribution is 5.79. The first kappa shape index (κ1) is 18.6. The van der Waals surface area contributed by atoms with Crippen molar-refractivity contribution >= 4 is 5.96 Å². The highest BCUT2D eigenvalue weighted by atomic mass is 16.5. The molecule has 0 heterocycles. The molecule has 0 bridgehead atoms. The van der Waals surface area contributed by atoms with Crippen LogP contribution in [0.25, 0.3) is 0 Å². The lowest BCUT2D eigenvalue weighted by molar-refractivity contribution is 0.411. The average Bonchev–Trinajstić information content (AvgIpc) is 2.66. The smallest absolute Gasteiger partial charge is 0.191 e. The third kappa shape index (κ3) is 5.71. The maximum atomic E-state index is 5.37. The third-order valence-corrected chi connectivity index (χ3v) is 4.02. The van der Waals surface area contributed by atoms with Gasteiger partial charge in [-0.2, -0.15) is 0 Å². The summed E-state index contributed by atoms with van der Waals surface area (Å²) in [4.78, 5) is 4.26. The van der Waals surface area contributed by atoms with Crippen molar-refractivity contribution in [1.29, 1.82) is 0 Å². The summed E-state index contributed by atoms with van der Waals surface area (Å²) in [5, 5.41) is 6.66. The zero-order valence-corrected chi connectivity index (χ0v) is 15.4. The van der Waals surface area contributed by atoms with E-state index < -0.39 is 0 Å². The lowest BCUT2D eigenvalue weighted by Gasteiger charge is -2.13. The Morgan fingerprint density at radius 3 is 2.32 bits per heavy atom. The molecule has 5 heteroatoms. The van der Waals surface area contributed by atoms with Crippen molar-refractivity contribution in [1.82, 2.24) is 10.6 Å². The van der Waals surface area contributed by atoms with E-state index in [1.165, 1.54) is 5.56 Å². The number of nitrogens with one attached hydrogen (secondary N) is 2. The standard InChI is InChI=1S/C20H27N3O2/c1-15-5-6-17(13-19(15)25-4)14-23-20(21-2)22-12-11-16-7-9-18(24-3)10-8-16/h5-10,13H,11-12,14H2,1-4H3,(H2,21,22,23). The predicted octanol–water partition coefficient (Wildman–Crippen LogP) is 2.92. The Hall–Kier alpha value is -2.69. The molecule has 0 aromatic heterocycles. The minimum Gasteiger partial charge on any atom is -0.497 e. The van der Waals surface area contributed by atoms with E-state index in [1.807, 2.05) is 25.1 Å². The summed E-state index contributed by atoms with van der Waals surface area (Å²) in [5.74, 6) is 2.57. The Bertz CT molecular complexity index is 697. The second-order valence-corrected chi connectivity index (χ2v) is 5.75. The number of aryl methyl sites for hydroxylation is 1. The van der Waals surface area contributed by atoms with Crippen molar-refractivity contribution in [2.75, 3.05) is 27.8 Å². The van der Waals surface area contributed by atoms with Gasteiger partial charge in [-0.25, -0.2) is 0 Å². The Labute approximate surface area is 150 Å². The molecular formula is C20H27N3O2. The normalized spacial score (nSPS) is 11.1. The van der Waals surface area contributed by atoms with Crippen LogP contribution in [-0.2, 0) is 13.0 Å². The quantitative estimate of drug-likeness (QED) is 0.601. The van der Waals surface area contributed by atoms with Crippen LogP contribution in [0.1, 0.15) is 16.7 Å². The lowest BCUT2D eigenvalue weighted by Crippen LogP contribution is -2.37. The van der Waals surface area contributed by atoms with E-state index in [0.717, 1.165) is 41.6 Å². The van der Waals surface area contributed by atoms with Crippen LogP contribution in [0.3, 0.4) is 0 Å². The number of methoxy groups -OCH3 is 2. The van der Waals surface area contributed by atoms with E-state index in [1.54, 1.807) is 21.3 Å². The highest BCUT2D eigenvalue weighted by Crippen LogP contribution is 2.18. The SMILES string of the molecule is CN=C(NCCc1ccc(OC)cc1)NCc1ccc(C)c(OC)c1. The number of guanidine groups is 1. The van der Waals surface area contributed by atoms with Crippen molar-refractivity contribution in [3.63, 3.8) is 0 Å². The van der Waals surface area contributed by atoms with Crippen LogP contribution >= 0.6 is 0 Å². The van der Waals surface area contributed by atoms with Gasteiger partial charge in [0.25, 0.3) is 0 Å². The maximum absolute atomic E-state index is 5.37. The predicted molar refractivity (Wildman–Crippen MR) is 103 cm³/mol. The van der Waals surface area contributed by atoms with Gasteiger partial charge in [0.2, 0.25) is 0 Å². The van der Waals surface area contributed by atoms with Gasteiger partial charge in [-0.05, 0) is 48.2 Å². The number of rotatable bonds is 7. The van der Waals surface area contributed by atoms with Gasteiger partial charge < -0.3 is 20.1 Å². The molecule has 5 nitrogen and oxygen atoms in total. The van der Waals surface area contributed by atoms with Crippen molar-refractivity contribution < 1.29 is 9.47 Å². The highest BCUT2D eigenvalue weighted by Gasteiger charge is 2.02. The lowest BCUT2D eigenvalue weighted by atomic mass is 10.1. The summed E-state index contributed by atoms with van der Waals surface area (Å²) in [7, 11) is 5.15. The molecule has 2 aromatic rings. The molecule has 0 saturated carbocycles. The second-order valence-electron chi connectivity index (χ2n) is 5.75. The minimum absolute atomic E-state index is 0.693. The molecule has 0 atom stereocenters. The first-order chi connectivity index (χ1) is 12.2. The maximum Gasteiger partial charge on any atom is 0.191 e. The Morgan fingerprint density at radius 2 is 1.68 bits per heavy atom. The molecule has 2 rings (SSSR count). The fourth-order valence-corrected chi connectivity index (χ4v) is 2.50. The van der Waals surface area contributed by atoms with Crippen LogP contribution in [-0.4, -0.2) is 33.8 Å². The molecule has 0 saturated heterocycles. The van der Waals surface area contributed by atoms with Crippen LogP contribution in [0.2, 0.25) is 0 Å². The Balaban J connectivity index is 1.80. The van der Waals surface area contributed by atoms with Crippen LogP contribution in [0, 0.1) is 6.92 Å². The van der Waals surface area contributed by atoms with Crippen molar-refractivity contribution in [2.24, 2.45) is 4.99 Å². The van der Waals surface area contributed by atoms with Crippen molar-refractivity contribution in [2.45, 2.75) is 19.9 Å².